The maximum absolute atomic E-state index is 4.58. The lowest BCUT2D eigenvalue weighted by Gasteiger charge is -2.17. The molecule has 0 saturated heterocycles. The van der Waals surface area contributed by atoms with Gasteiger partial charge in [-0.05, 0) is 29.3 Å². The van der Waals surface area contributed by atoms with Crippen molar-refractivity contribution in [2.24, 2.45) is 0 Å². The average Bonchev–Trinajstić information content (AvgIpc) is 2.55. The van der Waals surface area contributed by atoms with E-state index in [0.717, 1.165) is 5.69 Å². The van der Waals surface area contributed by atoms with Crippen molar-refractivity contribution in [3.05, 3.63) is 72.9 Å². The second-order valence-electron chi connectivity index (χ2n) is 6.63. The zero-order valence-corrected chi connectivity index (χ0v) is 14.4. The summed E-state index contributed by atoms with van der Waals surface area (Å²) in [4.78, 5) is 4.58. The van der Waals surface area contributed by atoms with E-state index in [1.165, 1.54) is 21.9 Å². The van der Waals surface area contributed by atoms with E-state index in [4.69, 9.17) is 0 Å². The Labute approximate surface area is 133 Å². The van der Waals surface area contributed by atoms with E-state index in [9.17, 15) is 0 Å². The number of rotatable bonds is 3. The molecular weight excluding hydrogens is 282 g/mol. The molecule has 110 valence electrons. The van der Waals surface area contributed by atoms with Gasteiger partial charge in [-0.2, -0.15) is 0 Å². The van der Waals surface area contributed by atoms with Crippen molar-refractivity contribution in [2.45, 2.75) is 19.6 Å². The van der Waals surface area contributed by atoms with Crippen LogP contribution < -0.4 is 5.19 Å². The molecule has 1 heterocycles. The third-order valence-electron chi connectivity index (χ3n) is 3.89. The molecule has 0 aliphatic carbocycles. The highest BCUT2D eigenvalue weighted by molar-refractivity contribution is 6.88. The number of benzene rings is 2. The highest BCUT2D eigenvalue weighted by atomic mass is 28.3. The van der Waals surface area contributed by atoms with Crippen molar-refractivity contribution in [1.82, 2.24) is 4.98 Å². The molecule has 3 aromatic rings. The van der Waals surface area contributed by atoms with Gasteiger partial charge in [0, 0.05) is 11.8 Å². The molecule has 0 fully saturated rings. The third kappa shape index (κ3) is 3.17. The van der Waals surface area contributed by atoms with Crippen LogP contribution in [0.25, 0.3) is 22.4 Å². The fraction of sp³-hybridized carbons (Fsp3) is 0.150. The molecule has 1 aromatic heterocycles. The first-order valence-corrected chi connectivity index (χ1v) is 11.2. The van der Waals surface area contributed by atoms with Gasteiger partial charge in [0.25, 0.3) is 0 Å². The number of aromatic nitrogens is 1. The minimum atomic E-state index is -1.32. The largest absolute Gasteiger partial charge is 0.256 e. The van der Waals surface area contributed by atoms with Crippen LogP contribution in [-0.2, 0) is 0 Å². The second kappa shape index (κ2) is 5.89. The summed E-state index contributed by atoms with van der Waals surface area (Å²) in [7, 11) is -1.32. The summed E-state index contributed by atoms with van der Waals surface area (Å²) in [5, 5.41) is 1.45. The molecule has 0 aliphatic heterocycles. The van der Waals surface area contributed by atoms with Gasteiger partial charge in [0.2, 0.25) is 0 Å². The SMILES string of the molecule is C[Si](C)(C)c1ccnc(-c2cccc(-c3ccccc3)c2)c1. The number of nitrogens with zero attached hydrogens (tertiary/aromatic N) is 1. The lowest BCUT2D eigenvalue weighted by atomic mass is 10.0. The van der Waals surface area contributed by atoms with Crippen LogP contribution in [0.2, 0.25) is 19.6 Å². The third-order valence-corrected chi connectivity index (χ3v) is 5.93. The van der Waals surface area contributed by atoms with Crippen molar-refractivity contribution in [1.29, 1.82) is 0 Å². The van der Waals surface area contributed by atoms with Gasteiger partial charge in [-0.3, -0.25) is 4.98 Å². The lowest BCUT2D eigenvalue weighted by Crippen LogP contribution is -2.37. The van der Waals surface area contributed by atoms with Crippen LogP contribution in [0.4, 0.5) is 0 Å². The maximum atomic E-state index is 4.58. The summed E-state index contributed by atoms with van der Waals surface area (Å²) in [5.74, 6) is 0. The minimum Gasteiger partial charge on any atom is -0.256 e. The Bertz CT molecular complexity index is 773. The summed E-state index contributed by atoms with van der Waals surface area (Å²) in [6.07, 6.45) is 1.94. The Morgan fingerprint density at radius 3 is 2.09 bits per heavy atom. The van der Waals surface area contributed by atoms with E-state index in [2.05, 4.69) is 85.3 Å². The van der Waals surface area contributed by atoms with Gasteiger partial charge >= 0.3 is 0 Å². The van der Waals surface area contributed by atoms with E-state index < -0.39 is 8.07 Å². The van der Waals surface area contributed by atoms with Crippen LogP contribution in [0.5, 0.6) is 0 Å². The molecule has 0 N–H and O–H groups in total. The monoisotopic (exact) mass is 303 g/mol. The van der Waals surface area contributed by atoms with Gasteiger partial charge in [0.15, 0.2) is 0 Å². The van der Waals surface area contributed by atoms with Crippen molar-refractivity contribution in [3.63, 3.8) is 0 Å². The van der Waals surface area contributed by atoms with E-state index in [-0.39, 0.29) is 0 Å². The first-order chi connectivity index (χ1) is 10.5. The second-order valence-corrected chi connectivity index (χ2v) is 11.7. The summed E-state index contributed by atoms with van der Waals surface area (Å²) in [6.45, 7) is 7.10. The van der Waals surface area contributed by atoms with Gasteiger partial charge < -0.3 is 0 Å². The van der Waals surface area contributed by atoms with Crippen LogP contribution in [-0.4, -0.2) is 13.1 Å². The standard InChI is InChI=1S/C20H21NSi/c1-22(2,3)19-12-13-21-20(15-19)18-11-7-10-17(14-18)16-8-5-4-6-9-16/h4-15H,1-3H3. The van der Waals surface area contributed by atoms with E-state index in [1.807, 2.05) is 12.3 Å². The summed E-state index contributed by atoms with van der Waals surface area (Å²) in [6, 6.07) is 23.5. The molecule has 0 spiro atoms. The molecule has 0 radical (unpaired) electrons. The molecule has 3 rings (SSSR count). The van der Waals surface area contributed by atoms with Crippen LogP contribution in [0.15, 0.2) is 72.9 Å². The summed E-state index contributed by atoms with van der Waals surface area (Å²) in [5.41, 5.74) is 4.73. The van der Waals surface area contributed by atoms with Crippen molar-refractivity contribution < 1.29 is 0 Å². The van der Waals surface area contributed by atoms with Gasteiger partial charge in [-0.15, -0.1) is 0 Å². The Kier molecular flexibility index (Phi) is 3.95. The zero-order valence-electron chi connectivity index (χ0n) is 13.4. The topological polar surface area (TPSA) is 12.9 Å². The molecule has 0 bridgehead atoms. The molecule has 0 saturated carbocycles. The Balaban J connectivity index is 2.03. The van der Waals surface area contributed by atoms with E-state index >= 15 is 0 Å². The quantitative estimate of drug-likeness (QED) is 0.623. The molecule has 0 atom stereocenters. The van der Waals surface area contributed by atoms with Crippen molar-refractivity contribution in [3.8, 4) is 22.4 Å². The predicted octanol–water partition coefficient (Wildman–Crippen LogP) is 4.96. The maximum Gasteiger partial charge on any atom is 0.0777 e. The van der Waals surface area contributed by atoms with Crippen LogP contribution in [0.1, 0.15) is 0 Å². The molecule has 1 nitrogen and oxygen atoms in total. The highest BCUT2D eigenvalue weighted by Gasteiger charge is 2.17. The van der Waals surface area contributed by atoms with E-state index in [1.54, 1.807) is 0 Å². The van der Waals surface area contributed by atoms with Gasteiger partial charge in [-0.25, -0.2) is 0 Å². The first kappa shape index (κ1) is 14.7. The highest BCUT2D eigenvalue weighted by Crippen LogP contribution is 2.25. The number of hydrogen-bond donors (Lipinski definition) is 0. The molecule has 0 amide bonds. The summed E-state index contributed by atoms with van der Waals surface area (Å²) >= 11 is 0. The van der Waals surface area contributed by atoms with Crippen LogP contribution in [0, 0.1) is 0 Å². The smallest absolute Gasteiger partial charge is 0.0777 e. The molecule has 0 aliphatic rings. The summed E-state index contributed by atoms with van der Waals surface area (Å²) < 4.78 is 0. The normalized spacial score (nSPS) is 11.4. The fourth-order valence-electron chi connectivity index (χ4n) is 2.54. The van der Waals surface area contributed by atoms with Crippen molar-refractivity contribution in [2.75, 3.05) is 0 Å². The van der Waals surface area contributed by atoms with Crippen LogP contribution in [0.3, 0.4) is 0 Å². The fourth-order valence-corrected chi connectivity index (χ4v) is 3.69. The number of hydrogen-bond acceptors (Lipinski definition) is 1. The number of pyridine rings is 1. The lowest BCUT2D eigenvalue weighted by molar-refractivity contribution is 1.33. The van der Waals surface area contributed by atoms with Gasteiger partial charge in [0.05, 0.1) is 13.8 Å². The Morgan fingerprint density at radius 1 is 0.682 bits per heavy atom. The first-order valence-electron chi connectivity index (χ1n) is 7.66. The van der Waals surface area contributed by atoms with E-state index in [0.29, 0.717) is 0 Å². The molecule has 22 heavy (non-hydrogen) atoms. The van der Waals surface area contributed by atoms with Gasteiger partial charge in [-0.1, -0.05) is 73.4 Å². The Hall–Kier alpha value is -2.19. The minimum absolute atomic E-state index is 1.07. The van der Waals surface area contributed by atoms with Gasteiger partial charge in [0.1, 0.15) is 0 Å². The molecular formula is C20H21NSi. The predicted molar refractivity (Wildman–Crippen MR) is 98.1 cm³/mol. The zero-order chi connectivity index (χ0) is 15.6. The Morgan fingerprint density at radius 2 is 1.36 bits per heavy atom. The van der Waals surface area contributed by atoms with Crippen molar-refractivity contribution >= 4 is 13.3 Å². The average molecular weight is 303 g/mol. The molecule has 2 heteroatoms. The van der Waals surface area contributed by atoms with Crippen LogP contribution >= 0.6 is 0 Å². The molecule has 2 aromatic carbocycles. The molecule has 0 unspecified atom stereocenters.